The molecule has 2 N–H and O–H groups in total. The summed E-state index contributed by atoms with van der Waals surface area (Å²) in [5.41, 5.74) is 9.49. The van der Waals surface area contributed by atoms with Crippen LogP contribution in [0.1, 0.15) is 55.6 Å². The molecule has 2 rings (SSSR count). The monoisotopic (exact) mass is 352 g/mol. The minimum absolute atomic E-state index is 0.349. The zero-order valence-corrected chi connectivity index (χ0v) is 16.9. The Morgan fingerprint density at radius 2 is 0.692 bits per heavy atom. The molecule has 0 aliphatic heterocycles. The van der Waals surface area contributed by atoms with Gasteiger partial charge in [0.2, 0.25) is 0 Å². The molecule has 0 spiro atoms. The fourth-order valence-electron chi connectivity index (χ4n) is 3.21. The van der Waals surface area contributed by atoms with Gasteiger partial charge in [-0.1, -0.05) is 0 Å². The highest BCUT2D eigenvalue weighted by Crippen LogP contribution is 2.31. The fraction of sp³-hybridized carbons (Fsp3) is 0.364. The van der Waals surface area contributed by atoms with E-state index in [1.54, 1.807) is 12.4 Å². The van der Waals surface area contributed by atoms with E-state index in [2.05, 4.69) is 10.2 Å². The molecule has 0 radical (unpaired) electrons. The predicted octanol–water partition coefficient (Wildman–Crippen LogP) is 5.02. The van der Waals surface area contributed by atoms with Crippen molar-refractivity contribution < 1.29 is 10.2 Å². The van der Waals surface area contributed by atoms with Gasteiger partial charge >= 0.3 is 0 Å². The van der Waals surface area contributed by atoms with Crippen molar-refractivity contribution in [2.24, 2.45) is 10.2 Å². The Kier molecular flexibility index (Phi) is 5.55. The van der Waals surface area contributed by atoms with Crippen LogP contribution in [0.4, 0.5) is 0 Å². The van der Waals surface area contributed by atoms with Crippen molar-refractivity contribution in [1.82, 2.24) is 0 Å². The summed E-state index contributed by atoms with van der Waals surface area (Å²) in [5.74, 6) is 0.698. The molecule has 0 unspecified atom stereocenters. The molecule has 2 aromatic carbocycles. The highest BCUT2D eigenvalue weighted by Gasteiger charge is 2.13. The second-order valence-corrected chi connectivity index (χ2v) is 7.01. The molecular weight excluding hydrogens is 324 g/mol. The van der Waals surface area contributed by atoms with Crippen LogP contribution in [0, 0.1) is 55.4 Å². The molecule has 4 heteroatoms. The van der Waals surface area contributed by atoms with Crippen molar-refractivity contribution in [3.63, 3.8) is 0 Å². The van der Waals surface area contributed by atoms with Gasteiger partial charge in [-0.05, 0) is 99.9 Å². The molecule has 0 fully saturated rings. The summed E-state index contributed by atoms with van der Waals surface area (Å²) in [6.45, 7) is 15.6. The first-order chi connectivity index (χ1) is 12.1. The van der Waals surface area contributed by atoms with Crippen LogP contribution in [0.5, 0.6) is 11.5 Å². The number of benzene rings is 2. The van der Waals surface area contributed by atoms with Gasteiger partial charge in [0.1, 0.15) is 11.5 Å². The molecule has 138 valence electrons. The highest BCUT2D eigenvalue weighted by atomic mass is 16.3. The van der Waals surface area contributed by atoms with Gasteiger partial charge in [0, 0.05) is 11.1 Å². The molecule has 0 aromatic heterocycles. The first-order valence-corrected chi connectivity index (χ1v) is 8.74. The van der Waals surface area contributed by atoms with Crippen LogP contribution in [0.25, 0.3) is 0 Å². The number of nitrogens with zero attached hydrogens (tertiary/aromatic N) is 2. The summed E-state index contributed by atoms with van der Waals surface area (Å²) in [7, 11) is 0. The maximum Gasteiger partial charge on any atom is 0.121 e. The summed E-state index contributed by atoms with van der Waals surface area (Å²) in [6, 6.07) is 0. The molecule has 26 heavy (non-hydrogen) atoms. The normalized spacial score (nSPS) is 11.8. The maximum atomic E-state index is 10.2. The van der Waals surface area contributed by atoms with E-state index in [1.165, 1.54) is 0 Å². The Bertz CT molecular complexity index is 803. The quantitative estimate of drug-likeness (QED) is 0.602. The number of hydrogen-bond acceptors (Lipinski definition) is 4. The lowest BCUT2D eigenvalue weighted by Gasteiger charge is -2.14. The molecule has 0 aliphatic rings. The number of aromatic hydroxyl groups is 2. The Balaban J connectivity index is 2.43. The van der Waals surface area contributed by atoms with E-state index in [0.717, 1.165) is 55.6 Å². The molecular formula is C22H28N2O2. The molecule has 0 amide bonds. The summed E-state index contributed by atoms with van der Waals surface area (Å²) < 4.78 is 0. The van der Waals surface area contributed by atoms with E-state index >= 15 is 0 Å². The Morgan fingerprint density at radius 1 is 0.462 bits per heavy atom. The predicted molar refractivity (Wildman–Crippen MR) is 109 cm³/mol. The van der Waals surface area contributed by atoms with Crippen molar-refractivity contribution in [3.8, 4) is 11.5 Å². The third-order valence-electron chi connectivity index (χ3n) is 5.73. The standard InChI is InChI=1S/C22H28N2O2/c1-11-15(5)21(25)16(6)12(2)19(11)9-23-24-10-20-13(3)17(7)22(26)18(8)14(20)4/h9-10,25-26H,1-8H3/b23-9+,24-10+. The first kappa shape index (κ1) is 19.7. The number of phenolic OH excluding ortho intramolecular Hbond substituents is 2. The molecule has 0 heterocycles. The number of hydrogen-bond donors (Lipinski definition) is 2. The van der Waals surface area contributed by atoms with Crippen LogP contribution in [0.15, 0.2) is 10.2 Å². The highest BCUT2D eigenvalue weighted by molar-refractivity contribution is 5.88. The lowest BCUT2D eigenvalue weighted by Crippen LogP contribution is -2.00. The van der Waals surface area contributed by atoms with E-state index in [4.69, 9.17) is 0 Å². The molecule has 0 bridgehead atoms. The van der Waals surface area contributed by atoms with Gasteiger partial charge in [0.25, 0.3) is 0 Å². The Hall–Kier alpha value is -2.62. The van der Waals surface area contributed by atoms with Crippen LogP contribution in [-0.4, -0.2) is 22.6 Å². The van der Waals surface area contributed by atoms with Gasteiger partial charge in [-0.25, -0.2) is 0 Å². The van der Waals surface area contributed by atoms with Crippen molar-refractivity contribution >= 4 is 12.4 Å². The smallest absolute Gasteiger partial charge is 0.121 e. The van der Waals surface area contributed by atoms with Crippen molar-refractivity contribution in [2.45, 2.75) is 55.4 Å². The maximum absolute atomic E-state index is 10.2. The van der Waals surface area contributed by atoms with Gasteiger partial charge in [-0.3, -0.25) is 0 Å². The first-order valence-electron chi connectivity index (χ1n) is 8.74. The van der Waals surface area contributed by atoms with Gasteiger partial charge in [-0.15, -0.1) is 0 Å². The summed E-state index contributed by atoms with van der Waals surface area (Å²) >= 11 is 0. The lowest BCUT2D eigenvalue weighted by atomic mass is 9.93. The fourth-order valence-corrected chi connectivity index (χ4v) is 3.21. The molecule has 0 aliphatic carbocycles. The molecule has 4 nitrogen and oxygen atoms in total. The lowest BCUT2D eigenvalue weighted by molar-refractivity contribution is 0.465. The second-order valence-electron chi connectivity index (χ2n) is 7.01. The van der Waals surface area contributed by atoms with Crippen molar-refractivity contribution in [3.05, 3.63) is 55.6 Å². The largest absolute Gasteiger partial charge is 0.507 e. The van der Waals surface area contributed by atoms with Crippen molar-refractivity contribution in [2.75, 3.05) is 0 Å². The van der Waals surface area contributed by atoms with Crippen LogP contribution >= 0.6 is 0 Å². The number of phenols is 2. The van der Waals surface area contributed by atoms with Gasteiger partial charge < -0.3 is 10.2 Å². The number of rotatable bonds is 3. The minimum atomic E-state index is 0.349. The minimum Gasteiger partial charge on any atom is -0.507 e. The SMILES string of the molecule is Cc1c(C)c(/C=N/N=C/c2c(C)c(C)c(O)c(C)c2C)c(C)c(C)c1O. The van der Waals surface area contributed by atoms with E-state index in [9.17, 15) is 10.2 Å². The average Bonchev–Trinajstić information content (AvgIpc) is 2.63. The van der Waals surface area contributed by atoms with E-state index < -0.39 is 0 Å². The summed E-state index contributed by atoms with van der Waals surface area (Å²) in [4.78, 5) is 0. The zero-order chi connectivity index (χ0) is 19.8. The van der Waals surface area contributed by atoms with E-state index in [0.29, 0.717) is 11.5 Å². The van der Waals surface area contributed by atoms with Crippen molar-refractivity contribution in [1.29, 1.82) is 0 Å². The van der Waals surface area contributed by atoms with Crippen LogP contribution < -0.4 is 0 Å². The summed E-state index contributed by atoms with van der Waals surface area (Å²) in [5, 5.41) is 28.8. The average molecular weight is 352 g/mol. The van der Waals surface area contributed by atoms with Crippen LogP contribution in [0.2, 0.25) is 0 Å². The van der Waals surface area contributed by atoms with Gasteiger partial charge in [0.15, 0.2) is 0 Å². The molecule has 0 atom stereocenters. The van der Waals surface area contributed by atoms with E-state index in [1.807, 2.05) is 55.4 Å². The van der Waals surface area contributed by atoms with E-state index in [-0.39, 0.29) is 0 Å². The van der Waals surface area contributed by atoms with Crippen LogP contribution in [0.3, 0.4) is 0 Å². The summed E-state index contributed by atoms with van der Waals surface area (Å²) in [6.07, 6.45) is 3.48. The molecule has 0 saturated heterocycles. The third kappa shape index (κ3) is 3.24. The third-order valence-corrected chi connectivity index (χ3v) is 5.73. The Labute approximate surface area is 155 Å². The van der Waals surface area contributed by atoms with Gasteiger partial charge in [-0.2, -0.15) is 10.2 Å². The van der Waals surface area contributed by atoms with Gasteiger partial charge in [0.05, 0.1) is 12.4 Å². The topological polar surface area (TPSA) is 65.2 Å². The van der Waals surface area contributed by atoms with Crippen LogP contribution in [-0.2, 0) is 0 Å². The second kappa shape index (κ2) is 7.32. The Morgan fingerprint density at radius 3 is 0.923 bits per heavy atom. The molecule has 0 saturated carbocycles. The zero-order valence-electron chi connectivity index (χ0n) is 16.9. The molecule has 2 aromatic rings.